The number of nitrogens with zero attached hydrogens (tertiary/aromatic N) is 4. The van der Waals surface area contributed by atoms with Gasteiger partial charge in [-0.15, -0.1) is 0 Å². The second-order valence-electron chi connectivity index (χ2n) is 24.4. The molecular weight excluding hydrogens is 1040 g/mol. The molecule has 10 atom stereocenters. The molecule has 0 radical (unpaired) electrons. The van der Waals surface area contributed by atoms with Gasteiger partial charge in [0.15, 0.2) is 0 Å². The molecule has 8 fully saturated rings. The summed E-state index contributed by atoms with van der Waals surface area (Å²) in [7, 11) is 0. The van der Waals surface area contributed by atoms with Crippen molar-refractivity contribution in [2.75, 3.05) is 30.9 Å². The molecule has 3 aromatic rings. The summed E-state index contributed by atoms with van der Waals surface area (Å²) in [6, 6.07) is 21.3. The van der Waals surface area contributed by atoms with Crippen LogP contribution in [0.25, 0.3) is 11.0 Å². The number of aliphatic carboxylic acids is 1. The van der Waals surface area contributed by atoms with Gasteiger partial charge in [-0.2, -0.15) is 0 Å². The third-order valence-corrected chi connectivity index (χ3v) is 18.8. The fourth-order valence-electron chi connectivity index (χ4n) is 16.0. The van der Waals surface area contributed by atoms with E-state index >= 15 is 0 Å². The van der Waals surface area contributed by atoms with Crippen molar-refractivity contribution in [1.82, 2.24) is 19.4 Å². The minimum Gasteiger partial charge on any atom is -0.867 e. The summed E-state index contributed by atoms with van der Waals surface area (Å²) in [5.41, 5.74) is 10.1. The molecule has 17 heteroatoms. The fraction of sp³-hybridized carbons (Fsp3) is 0.688. The zero-order valence-corrected chi connectivity index (χ0v) is 51.4. The number of benzene rings is 2. The quantitative estimate of drug-likeness (QED) is 0.0405. The van der Waals surface area contributed by atoms with E-state index in [1.165, 1.54) is 141 Å². The zero-order valence-electron chi connectivity index (χ0n) is 49.4. The minimum atomic E-state index is -1.05. The van der Waals surface area contributed by atoms with Crippen LogP contribution in [0.4, 0.5) is 11.4 Å². The number of hydrogen-bond acceptors (Lipinski definition) is 14. The number of nitrogens with two attached hydrogens (primary N) is 1. The molecule has 0 spiro atoms. The fourth-order valence-corrected chi connectivity index (χ4v) is 16.0. The Balaban J connectivity index is 0.000000185. The number of piperidine rings is 4. The van der Waals surface area contributed by atoms with E-state index in [0.717, 1.165) is 90.0 Å². The van der Waals surface area contributed by atoms with Gasteiger partial charge in [0.25, 0.3) is 11.5 Å². The maximum Gasteiger partial charge on any atom is 1.00 e. The zero-order chi connectivity index (χ0) is 56.7. The predicted octanol–water partition coefficient (Wildman–Crippen LogP) is 7.30. The average Bonchev–Trinajstić information content (AvgIpc) is 3.73. The number of nitrogens with one attached hydrogen (secondary N) is 1. The number of carbonyl (C=O) groups is 4. The number of nitrogen functional groups attached to an aromatic ring is 1. The Kier molecular flexibility index (Phi) is 24.9. The van der Waals surface area contributed by atoms with Crippen LogP contribution in [0.1, 0.15) is 194 Å². The van der Waals surface area contributed by atoms with Crippen molar-refractivity contribution >= 4 is 46.3 Å². The number of anilines is 2. The Morgan fingerprint density at radius 3 is 1.59 bits per heavy atom. The van der Waals surface area contributed by atoms with Crippen LogP contribution >= 0.6 is 0 Å². The average molecular weight is 1130 g/mol. The van der Waals surface area contributed by atoms with Gasteiger partial charge in [0.2, 0.25) is 0 Å². The summed E-state index contributed by atoms with van der Waals surface area (Å²) in [5, 5.41) is 22.0. The van der Waals surface area contributed by atoms with Crippen LogP contribution in [0.5, 0.6) is 0 Å². The minimum absolute atomic E-state index is 0. The molecule has 11 rings (SSSR count). The second kappa shape index (κ2) is 31.4. The number of aromatic nitrogens is 2. The standard InChI is InChI=1S/C30H41N3O3.C24H37N3.C8H12O5.C2H4O2.Na/c1-2-36-29(34)19-27-30(35)33(28-13-6-5-12-26(28)31-27)25-17-22-10-7-11-23(18-25)32(22)24-15-20-8-3-4-9-21(14-20)16-24;25-23-10-3-4-11-24(23)26-19-15-20-8-5-9-21(16-19)27(20)22-13-17-6-1-2-7-18(12-17)14-22;1-3-12-7(10)5-6(9)8(11)13-4-2;1-2(3)4;/h5-6,12-13,20-25H,2-4,7-11,14-19H2,1H3;3-4,10-11,17-22,26H,1-2,5-9,12-16,25H2;5,9H,3-4H2,1-2H3;1H3,(H,3,4);/q;;;;+1/p-1/b;;6-5-;;/t20?,21?,22-,23+,24?,25?;17?,18?,19?,20-,21+,22?;;;. The third kappa shape index (κ3) is 17.5. The summed E-state index contributed by atoms with van der Waals surface area (Å²) in [6.07, 6.45) is 33.7. The SMILES string of the molecule is CC(=O)O.CCOC(=O)/C=C(\[O-])C(=O)OCC.CCOC(=O)Cc1nc2ccccc2n(C2C[C@H]3CCC[C@@H](C2)N3C2CC3CCCCC(C3)C2)c1=O.Nc1ccccc1NC1C[C@H]2CCC[C@@H](C1)N2C1CC2CCCCC(C2)C1.[Na+]. The molecule has 4 aliphatic heterocycles. The van der Waals surface area contributed by atoms with E-state index in [1.807, 2.05) is 41.0 Å². The van der Waals surface area contributed by atoms with Crippen LogP contribution in [0, 0.1) is 23.7 Å². The van der Waals surface area contributed by atoms with E-state index in [-0.39, 0.29) is 66.8 Å². The van der Waals surface area contributed by atoms with Crippen LogP contribution in [0.3, 0.4) is 0 Å². The number of fused-ring (bicyclic) bond motifs is 9. The molecule has 4 N–H and O–H groups in total. The predicted molar refractivity (Wildman–Crippen MR) is 309 cm³/mol. The molecule has 8 bridgehead atoms. The van der Waals surface area contributed by atoms with Crippen LogP contribution < -0.4 is 51.3 Å². The van der Waals surface area contributed by atoms with Gasteiger partial charge < -0.3 is 40.0 Å². The molecule has 4 saturated carbocycles. The van der Waals surface area contributed by atoms with Gasteiger partial charge >= 0.3 is 47.5 Å². The number of hydrogen-bond donors (Lipinski definition) is 3. The number of carboxylic acid groups (broad SMARTS) is 1. The van der Waals surface area contributed by atoms with Gasteiger partial charge in [-0.3, -0.25) is 24.2 Å². The Morgan fingerprint density at radius 2 is 1.10 bits per heavy atom. The molecule has 4 aliphatic carbocycles. The number of esters is 3. The molecule has 4 saturated heterocycles. The summed E-state index contributed by atoms with van der Waals surface area (Å²) >= 11 is 0. The van der Waals surface area contributed by atoms with Gasteiger partial charge in [-0.05, 0) is 164 Å². The van der Waals surface area contributed by atoms with Gasteiger partial charge in [0.1, 0.15) is 5.69 Å². The smallest absolute Gasteiger partial charge is 0.867 e. The van der Waals surface area contributed by atoms with Crippen LogP contribution in [0.2, 0.25) is 0 Å². The first-order valence-corrected chi connectivity index (χ1v) is 30.9. The molecule has 0 amide bonds. The number of carbonyl (C=O) groups excluding carboxylic acids is 3. The molecule has 81 heavy (non-hydrogen) atoms. The monoisotopic (exact) mass is 1130 g/mol. The van der Waals surface area contributed by atoms with E-state index < -0.39 is 23.7 Å². The van der Waals surface area contributed by atoms with Gasteiger partial charge in [-0.1, -0.05) is 88.5 Å². The number of para-hydroxylation sites is 4. The molecule has 5 heterocycles. The summed E-state index contributed by atoms with van der Waals surface area (Å²) in [4.78, 5) is 67.0. The topological polar surface area (TPSA) is 219 Å². The van der Waals surface area contributed by atoms with Crippen molar-refractivity contribution in [1.29, 1.82) is 0 Å². The van der Waals surface area contributed by atoms with E-state index in [1.54, 1.807) is 20.8 Å². The van der Waals surface area contributed by atoms with Crippen molar-refractivity contribution in [3.8, 4) is 0 Å². The van der Waals surface area contributed by atoms with E-state index in [2.05, 4.69) is 41.7 Å². The van der Waals surface area contributed by atoms with Crippen molar-refractivity contribution in [2.24, 2.45) is 23.7 Å². The van der Waals surface area contributed by atoms with E-state index in [9.17, 15) is 24.3 Å². The number of ether oxygens (including phenoxy) is 3. The molecule has 1 aromatic heterocycles. The van der Waals surface area contributed by atoms with Crippen molar-refractivity contribution < 1.29 is 73.2 Å². The van der Waals surface area contributed by atoms with Crippen molar-refractivity contribution in [3.05, 3.63) is 76.4 Å². The normalized spacial score (nSPS) is 29.8. The first-order chi connectivity index (χ1) is 38.7. The summed E-state index contributed by atoms with van der Waals surface area (Å²) in [6.45, 7) is 6.60. The Morgan fingerprint density at radius 1 is 0.630 bits per heavy atom. The molecule has 6 unspecified atom stereocenters. The Hall–Kier alpha value is -4.48. The summed E-state index contributed by atoms with van der Waals surface area (Å²) < 4.78 is 15.9. The van der Waals surface area contributed by atoms with Crippen LogP contribution in [-0.4, -0.2) is 110 Å². The van der Waals surface area contributed by atoms with E-state index in [4.69, 9.17) is 20.4 Å². The van der Waals surface area contributed by atoms with Crippen LogP contribution in [-0.2, 0) is 39.8 Å². The van der Waals surface area contributed by atoms with Gasteiger partial charge in [0.05, 0.1) is 48.6 Å². The Labute approximate surface area is 503 Å². The second-order valence-corrected chi connectivity index (χ2v) is 24.4. The van der Waals surface area contributed by atoms with Crippen LogP contribution in [0.15, 0.2) is 65.2 Å². The van der Waals surface area contributed by atoms with Gasteiger partial charge in [-0.25, -0.2) is 14.6 Å². The molecule has 16 nitrogen and oxygen atoms in total. The first kappa shape index (κ1) is 64.1. The third-order valence-electron chi connectivity index (χ3n) is 18.8. The van der Waals surface area contributed by atoms with Crippen molar-refractivity contribution in [3.63, 3.8) is 0 Å². The first-order valence-electron chi connectivity index (χ1n) is 30.9. The molecular formula is C64H93N6NaO10. The largest absolute Gasteiger partial charge is 1.00 e. The number of carboxylic acids is 1. The maximum absolute atomic E-state index is 13.8. The van der Waals surface area contributed by atoms with Crippen molar-refractivity contribution in [2.45, 2.75) is 237 Å². The molecule has 8 aliphatic rings. The maximum atomic E-state index is 13.8. The molecule has 440 valence electrons. The Bertz CT molecular complexity index is 2570. The molecule has 2 aromatic carbocycles. The number of rotatable bonds is 12. The van der Waals surface area contributed by atoms with Gasteiger partial charge in [0, 0.05) is 61.3 Å². The van der Waals surface area contributed by atoms with E-state index in [0.29, 0.717) is 36.5 Å². The summed E-state index contributed by atoms with van der Waals surface area (Å²) in [5.74, 6) is -0.196.